The maximum absolute atomic E-state index is 5.79. The molecule has 0 aliphatic heterocycles. The first-order valence-corrected chi connectivity index (χ1v) is 6.54. The lowest BCUT2D eigenvalue weighted by Crippen LogP contribution is -2.36. The predicted octanol–water partition coefficient (Wildman–Crippen LogP) is 2.60. The van der Waals surface area contributed by atoms with Gasteiger partial charge in [0.1, 0.15) is 0 Å². The van der Waals surface area contributed by atoms with Crippen molar-refractivity contribution in [2.24, 2.45) is 0 Å². The van der Waals surface area contributed by atoms with Gasteiger partial charge in [0.25, 0.3) is 0 Å². The summed E-state index contributed by atoms with van der Waals surface area (Å²) in [6.45, 7) is 8.91. The summed E-state index contributed by atoms with van der Waals surface area (Å²) in [5.41, 5.74) is 0. The Kier molecular flexibility index (Phi) is 11.3. The Morgan fingerprint density at radius 3 is 2.44 bits per heavy atom. The average molecular weight is 231 g/mol. The largest absolute Gasteiger partial charge is 0.382 e. The molecule has 3 nitrogen and oxygen atoms in total. The van der Waals surface area contributed by atoms with E-state index in [9.17, 15) is 0 Å². The van der Waals surface area contributed by atoms with Gasteiger partial charge in [-0.1, -0.05) is 40.0 Å². The van der Waals surface area contributed by atoms with Gasteiger partial charge in [0.05, 0.1) is 12.7 Å². The summed E-state index contributed by atoms with van der Waals surface area (Å²) in [6, 6.07) is 0.503. The lowest BCUT2D eigenvalue weighted by molar-refractivity contribution is -0.00327. The van der Waals surface area contributed by atoms with Gasteiger partial charge >= 0.3 is 0 Å². The van der Waals surface area contributed by atoms with Crippen molar-refractivity contribution in [2.45, 2.75) is 58.6 Å². The first-order chi connectivity index (χ1) is 7.70. The van der Waals surface area contributed by atoms with Crippen LogP contribution in [0.3, 0.4) is 0 Å². The van der Waals surface area contributed by atoms with Crippen molar-refractivity contribution in [3.05, 3.63) is 0 Å². The summed E-state index contributed by atoms with van der Waals surface area (Å²) < 4.78 is 10.9. The van der Waals surface area contributed by atoms with Gasteiger partial charge in [-0.15, -0.1) is 0 Å². The van der Waals surface area contributed by atoms with Crippen LogP contribution in [0.25, 0.3) is 0 Å². The van der Waals surface area contributed by atoms with Crippen molar-refractivity contribution in [3.8, 4) is 0 Å². The maximum Gasteiger partial charge on any atom is 0.0932 e. The van der Waals surface area contributed by atoms with E-state index in [1.165, 1.54) is 19.3 Å². The van der Waals surface area contributed by atoms with Crippen molar-refractivity contribution in [3.63, 3.8) is 0 Å². The second kappa shape index (κ2) is 11.4. The fourth-order valence-electron chi connectivity index (χ4n) is 1.50. The molecule has 0 heterocycles. The molecule has 3 heteroatoms. The molecule has 0 saturated carbocycles. The molecular weight excluding hydrogens is 202 g/mol. The second-order valence-electron chi connectivity index (χ2n) is 4.57. The van der Waals surface area contributed by atoms with E-state index in [4.69, 9.17) is 9.47 Å². The standard InChI is InChI=1S/C13H29NO2/c1-5-6-7-8-9-16-13(11-15-4)10-14-12(2)3/h12-14H,5-11H2,1-4H3. The first-order valence-electron chi connectivity index (χ1n) is 6.54. The third kappa shape index (κ3) is 10.4. The van der Waals surface area contributed by atoms with E-state index in [-0.39, 0.29) is 6.10 Å². The minimum absolute atomic E-state index is 0.189. The third-order valence-corrected chi connectivity index (χ3v) is 2.46. The molecule has 0 aromatic carbocycles. The van der Waals surface area contributed by atoms with E-state index in [2.05, 4.69) is 26.1 Å². The summed E-state index contributed by atoms with van der Waals surface area (Å²) in [5.74, 6) is 0. The molecule has 0 saturated heterocycles. The molecule has 0 rings (SSSR count). The minimum Gasteiger partial charge on any atom is -0.382 e. The smallest absolute Gasteiger partial charge is 0.0932 e. The van der Waals surface area contributed by atoms with E-state index < -0.39 is 0 Å². The summed E-state index contributed by atoms with van der Waals surface area (Å²) >= 11 is 0. The van der Waals surface area contributed by atoms with Gasteiger partial charge in [0.15, 0.2) is 0 Å². The lowest BCUT2D eigenvalue weighted by atomic mass is 10.2. The van der Waals surface area contributed by atoms with Crippen LogP contribution in [0, 0.1) is 0 Å². The van der Waals surface area contributed by atoms with Crippen molar-refractivity contribution in [1.82, 2.24) is 5.32 Å². The van der Waals surface area contributed by atoms with Crippen molar-refractivity contribution >= 4 is 0 Å². The Balaban J connectivity index is 3.51. The van der Waals surface area contributed by atoms with Gasteiger partial charge in [-0.25, -0.2) is 0 Å². The lowest BCUT2D eigenvalue weighted by Gasteiger charge is -2.19. The number of unbranched alkanes of at least 4 members (excludes halogenated alkanes) is 3. The van der Waals surface area contributed by atoms with Crippen LogP contribution in [-0.4, -0.2) is 39.0 Å². The topological polar surface area (TPSA) is 30.5 Å². The Morgan fingerprint density at radius 1 is 1.12 bits per heavy atom. The maximum atomic E-state index is 5.79. The van der Waals surface area contributed by atoms with Crippen LogP contribution in [0.1, 0.15) is 46.5 Å². The highest BCUT2D eigenvalue weighted by atomic mass is 16.5. The number of hydrogen-bond donors (Lipinski definition) is 1. The normalized spacial score (nSPS) is 13.3. The molecule has 0 aliphatic carbocycles. The van der Waals surface area contributed by atoms with Crippen LogP contribution in [0.5, 0.6) is 0 Å². The van der Waals surface area contributed by atoms with Gasteiger partial charge in [0, 0.05) is 26.3 Å². The van der Waals surface area contributed by atoms with E-state index in [1.807, 2.05) is 0 Å². The zero-order valence-electron chi connectivity index (χ0n) is 11.4. The number of ether oxygens (including phenoxy) is 2. The Labute approximate surface area is 101 Å². The van der Waals surface area contributed by atoms with Crippen molar-refractivity contribution in [2.75, 3.05) is 26.9 Å². The van der Waals surface area contributed by atoms with Crippen molar-refractivity contribution < 1.29 is 9.47 Å². The molecule has 16 heavy (non-hydrogen) atoms. The summed E-state index contributed by atoms with van der Waals surface area (Å²) in [6.07, 6.45) is 5.21. The number of nitrogens with one attached hydrogen (secondary N) is 1. The van der Waals surface area contributed by atoms with Gasteiger partial charge in [-0.2, -0.15) is 0 Å². The SMILES string of the molecule is CCCCCCOC(CNC(C)C)COC. The van der Waals surface area contributed by atoms with Crippen LogP contribution in [0.15, 0.2) is 0 Å². The average Bonchev–Trinajstić information content (AvgIpc) is 2.25. The van der Waals surface area contributed by atoms with Crippen LogP contribution in [-0.2, 0) is 9.47 Å². The summed E-state index contributed by atoms with van der Waals surface area (Å²) in [5, 5.41) is 3.38. The Hall–Kier alpha value is -0.120. The molecule has 0 amide bonds. The molecule has 0 aromatic rings. The fourth-order valence-corrected chi connectivity index (χ4v) is 1.50. The molecule has 0 fully saturated rings. The molecule has 0 aliphatic rings. The zero-order chi connectivity index (χ0) is 12.2. The molecule has 1 unspecified atom stereocenters. The highest BCUT2D eigenvalue weighted by molar-refractivity contribution is 4.63. The number of methoxy groups -OCH3 is 1. The first kappa shape index (κ1) is 15.9. The second-order valence-corrected chi connectivity index (χ2v) is 4.57. The van der Waals surface area contributed by atoms with Crippen LogP contribution >= 0.6 is 0 Å². The highest BCUT2D eigenvalue weighted by Gasteiger charge is 2.08. The fraction of sp³-hybridized carbons (Fsp3) is 1.00. The predicted molar refractivity (Wildman–Crippen MR) is 68.9 cm³/mol. The quantitative estimate of drug-likeness (QED) is 0.554. The molecule has 98 valence electrons. The third-order valence-electron chi connectivity index (χ3n) is 2.46. The molecule has 0 radical (unpaired) electrons. The van der Waals surface area contributed by atoms with E-state index in [0.717, 1.165) is 19.6 Å². The van der Waals surface area contributed by atoms with Gasteiger partial charge in [-0.05, 0) is 6.42 Å². The summed E-state index contributed by atoms with van der Waals surface area (Å²) in [4.78, 5) is 0. The van der Waals surface area contributed by atoms with E-state index in [0.29, 0.717) is 12.6 Å². The van der Waals surface area contributed by atoms with Crippen LogP contribution < -0.4 is 5.32 Å². The zero-order valence-corrected chi connectivity index (χ0v) is 11.4. The Bertz CT molecular complexity index is 140. The van der Waals surface area contributed by atoms with Gasteiger partial charge < -0.3 is 14.8 Å². The molecule has 0 spiro atoms. The Morgan fingerprint density at radius 2 is 1.88 bits per heavy atom. The molecular formula is C13H29NO2. The van der Waals surface area contributed by atoms with Gasteiger partial charge in [0.2, 0.25) is 0 Å². The summed E-state index contributed by atoms with van der Waals surface area (Å²) in [7, 11) is 1.73. The minimum atomic E-state index is 0.189. The van der Waals surface area contributed by atoms with Crippen LogP contribution in [0.4, 0.5) is 0 Å². The molecule has 1 N–H and O–H groups in total. The number of hydrogen-bond acceptors (Lipinski definition) is 3. The molecule has 1 atom stereocenters. The van der Waals surface area contributed by atoms with Gasteiger partial charge in [-0.3, -0.25) is 0 Å². The van der Waals surface area contributed by atoms with Crippen LogP contribution in [0.2, 0.25) is 0 Å². The van der Waals surface area contributed by atoms with E-state index in [1.54, 1.807) is 7.11 Å². The molecule has 0 bridgehead atoms. The number of rotatable bonds is 11. The monoisotopic (exact) mass is 231 g/mol. The van der Waals surface area contributed by atoms with Crippen molar-refractivity contribution in [1.29, 1.82) is 0 Å². The van der Waals surface area contributed by atoms with E-state index >= 15 is 0 Å². The highest BCUT2D eigenvalue weighted by Crippen LogP contribution is 2.01. The molecule has 0 aromatic heterocycles.